The van der Waals surface area contributed by atoms with Crippen molar-refractivity contribution in [1.29, 1.82) is 0 Å². The first-order valence-electron chi connectivity index (χ1n) is 15.8. The lowest BCUT2D eigenvalue weighted by molar-refractivity contribution is 0.596. The Kier molecular flexibility index (Phi) is 6.18. The zero-order chi connectivity index (χ0) is 31.0. The second kappa shape index (κ2) is 10.3. The maximum atomic E-state index is 4.88. The molecule has 0 saturated carbocycles. The maximum absolute atomic E-state index is 4.88. The Morgan fingerprint density at radius 2 is 1.15 bits per heavy atom. The van der Waals surface area contributed by atoms with Crippen LogP contribution in [0.3, 0.4) is 0 Å². The summed E-state index contributed by atoms with van der Waals surface area (Å²) in [6, 6.07) is 46.9. The molecule has 0 unspecified atom stereocenters. The van der Waals surface area contributed by atoms with Gasteiger partial charge in [-0.3, -0.25) is 4.98 Å². The number of benzene rings is 5. The van der Waals surface area contributed by atoms with Crippen molar-refractivity contribution in [2.24, 2.45) is 0 Å². The van der Waals surface area contributed by atoms with Gasteiger partial charge in [0.25, 0.3) is 0 Å². The molecule has 0 saturated heterocycles. The third-order valence-electron chi connectivity index (χ3n) is 9.25. The monoisotopic (exact) mass is 625 g/mol. The van der Waals surface area contributed by atoms with Gasteiger partial charge in [0.05, 0.1) is 10.4 Å². The molecular formula is C43H31NS2. The smallest absolute Gasteiger partial charge is 0.0708 e. The summed E-state index contributed by atoms with van der Waals surface area (Å²) in [4.78, 5) is 7.51. The number of fused-ring (bicyclic) bond motifs is 11. The number of hydrogen-bond acceptors (Lipinski definition) is 3. The van der Waals surface area contributed by atoms with Crippen LogP contribution in [0, 0.1) is 0 Å². The summed E-state index contributed by atoms with van der Waals surface area (Å²) in [5, 5.41) is 2.57. The molecule has 3 heteroatoms. The number of thiophene rings is 2. The van der Waals surface area contributed by atoms with Crippen LogP contribution in [0.5, 0.6) is 0 Å². The van der Waals surface area contributed by atoms with E-state index in [-0.39, 0.29) is 5.41 Å². The molecule has 9 rings (SSSR count). The van der Waals surface area contributed by atoms with Crippen LogP contribution in [0.25, 0.3) is 85.7 Å². The number of pyridine rings is 1. The molecule has 3 heterocycles. The zero-order valence-electron chi connectivity index (χ0n) is 26.0. The SMILES string of the molecule is CC(C)(C)c1cc(-c2cc(-c3cc4sc5c(c4s3)-c3ccccc3-c3ccccc3-c3ccccc3-5)ccn2)cc2ccccc12. The fraction of sp³-hybridized carbons (Fsp3) is 0.0930. The van der Waals surface area contributed by atoms with Gasteiger partial charge in [-0.15, -0.1) is 22.7 Å². The van der Waals surface area contributed by atoms with Crippen LogP contribution in [0.15, 0.2) is 134 Å². The first-order chi connectivity index (χ1) is 22.4. The molecular weight excluding hydrogens is 595 g/mol. The van der Waals surface area contributed by atoms with Crippen LogP contribution in [0.2, 0.25) is 0 Å². The average Bonchev–Trinajstić information content (AvgIpc) is 3.65. The van der Waals surface area contributed by atoms with E-state index in [1.54, 1.807) is 0 Å². The van der Waals surface area contributed by atoms with Gasteiger partial charge in [0.1, 0.15) is 0 Å². The van der Waals surface area contributed by atoms with E-state index in [2.05, 4.69) is 148 Å². The van der Waals surface area contributed by atoms with E-state index in [0.717, 1.165) is 11.3 Å². The predicted molar refractivity (Wildman–Crippen MR) is 200 cm³/mol. The molecule has 0 fully saturated rings. The molecule has 8 aromatic rings. The highest BCUT2D eigenvalue weighted by atomic mass is 32.1. The Bertz CT molecular complexity index is 2460. The summed E-state index contributed by atoms with van der Waals surface area (Å²) >= 11 is 3.82. The van der Waals surface area contributed by atoms with Crippen LogP contribution in [0.1, 0.15) is 26.3 Å². The average molecular weight is 626 g/mol. The summed E-state index contributed by atoms with van der Waals surface area (Å²) in [5.74, 6) is 0. The van der Waals surface area contributed by atoms with Gasteiger partial charge in [-0.05, 0) is 85.5 Å². The number of rotatable bonds is 2. The van der Waals surface area contributed by atoms with Crippen LogP contribution in [-0.2, 0) is 5.41 Å². The summed E-state index contributed by atoms with van der Waals surface area (Å²) in [6.45, 7) is 6.88. The Balaban J connectivity index is 1.23. The highest BCUT2D eigenvalue weighted by Gasteiger charge is 2.26. The standard InChI is InChI=1S/C43H31NS2/c1-43(2,3)36-23-28(22-26-12-4-5-13-29(26)36)37-24-27(20-21-44-37)38-25-39-42(45-38)40-34-18-10-8-16-32(34)30-14-6-7-15-31(30)33-17-9-11-19-35(33)41(40)46-39/h4-25H,1-3H3. The van der Waals surface area contributed by atoms with Gasteiger partial charge in [0.15, 0.2) is 0 Å². The van der Waals surface area contributed by atoms with Gasteiger partial charge >= 0.3 is 0 Å². The molecule has 1 nitrogen and oxygen atoms in total. The van der Waals surface area contributed by atoms with Crippen molar-refractivity contribution in [1.82, 2.24) is 4.98 Å². The highest BCUT2D eigenvalue weighted by molar-refractivity contribution is 7.32. The van der Waals surface area contributed by atoms with Crippen molar-refractivity contribution in [3.63, 3.8) is 0 Å². The van der Waals surface area contributed by atoms with Crippen molar-refractivity contribution < 1.29 is 0 Å². The van der Waals surface area contributed by atoms with Gasteiger partial charge in [0.2, 0.25) is 0 Å². The van der Waals surface area contributed by atoms with Gasteiger partial charge < -0.3 is 0 Å². The molecule has 3 aromatic heterocycles. The molecule has 5 aromatic carbocycles. The van der Waals surface area contributed by atoms with Crippen LogP contribution < -0.4 is 0 Å². The van der Waals surface area contributed by atoms with E-state index in [1.807, 2.05) is 28.9 Å². The first-order valence-corrected chi connectivity index (χ1v) is 17.4. The topological polar surface area (TPSA) is 12.9 Å². The fourth-order valence-electron chi connectivity index (χ4n) is 7.09. The summed E-state index contributed by atoms with van der Waals surface area (Å²) < 4.78 is 2.69. The largest absolute Gasteiger partial charge is 0.256 e. The number of hydrogen-bond donors (Lipinski definition) is 0. The quantitative estimate of drug-likeness (QED) is 0.186. The second-order valence-corrected chi connectivity index (χ2v) is 15.3. The summed E-state index contributed by atoms with van der Waals surface area (Å²) in [6.07, 6.45) is 1.97. The minimum atomic E-state index is 0.0252. The normalized spacial score (nSPS) is 12.2. The fourth-order valence-corrected chi connectivity index (χ4v) is 9.79. The molecule has 0 amide bonds. The summed E-state index contributed by atoms with van der Waals surface area (Å²) in [5.41, 5.74) is 13.9. The van der Waals surface area contributed by atoms with Crippen molar-refractivity contribution in [2.45, 2.75) is 26.2 Å². The van der Waals surface area contributed by atoms with E-state index in [9.17, 15) is 0 Å². The van der Waals surface area contributed by atoms with Gasteiger partial charge in [-0.1, -0.05) is 118 Å². The van der Waals surface area contributed by atoms with Gasteiger partial charge in [-0.2, -0.15) is 0 Å². The number of aromatic nitrogens is 1. The molecule has 0 spiro atoms. The van der Waals surface area contributed by atoms with E-state index < -0.39 is 0 Å². The van der Waals surface area contributed by atoms with Gasteiger partial charge in [-0.25, -0.2) is 0 Å². The van der Waals surface area contributed by atoms with E-state index >= 15 is 0 Å². The Labute approximate surface area is 277 Å². The predicted octanol–water partition coefficient (Wildman–Crippen LogP) is 13.1. The van der Waals surface area contributed by atoms with Crippen LogP contribution in [-0.4, -0.2) is 4.98 Å². The molecule has 46 heavy (non-hydrogen) atoms. The summed E-state index contributed by atoms with van der Waals surface area (Å²) in [7, 11) is 0. The van der Waals surface area contributed by atoms with E-state index in [1.165, 1.54) is 80.0 Å². The Morgan fingerprint density at radius 3 is 1.87 bits per heavy atom. The molecule has 220 valence electrons. The molecule has 0 bridgehead atoms. The highest BCUT2D eigenvalue weighted by Crippen LogP contribution is 2.55. The van der Waals surface area contributed by atoms with Crippen molar-refractivity contribution in [2.75, 3.05) is 0 Å². The Hall–Kier alpha value is -4.83. The van der Waals surface area contributed by atoms with E-state index in [0.29, 0.717) is 0 Å². The maximum Gasteiger partial charge on any atom is 0.0708 e. The minimum Gasteiger partial charge on any atom is -0.256 e. The van der Waals surface area contributed by atoms with Crippen LogP contribution in [0.4, 0.5) is 0 Å². The first kappa shape index (κ1) is 27.5. The second-order valence-electron chi connectivity index (χ2n) is 13.2. The zero-order valence-corrected chi connectivity index (χ0v) is 27.6. The molecule has 1 aliphatic rings. The van der Waals surface area contributed by atoms with E-state index in [4.69, 9.17) is 4.98 Å². The number of nitrogens with zero attached hydrogens (tertiary/aromatic N) is 1. The van der Waals surface area contributed by atoms with Crippen molar-refractivity contribution >= 4 is 42.8 Å². The molecule has 0 N–H and O–H groups in total. The molecule has 0 aliphatic heterocycles. The van der Waals surface area contributed by atoms with Gasteiger partial charge in [0, 0.05) is 37.3 Å². The molecule has 1 aliphatic carbocycles. The third kappa shape index (κ3) is 4.30. The molecule has 0 atom stereocenters. The molecule has 0 radical (unpaired) electrons. The lowest BCUT2D eigenvalue weighted by atomic mass is 9.82. The minimum absolute atomic E-state index is 0.0252. The lowest BCUT2D eigenvalue weighted by Crippen LogP contribution is -2.12. The third-order valence-corrected chi connectivity index (χ3v) is 11.8. The lowest BCUT2D eigenvalue weighted by Gasteiger charge is -2.22. The van der Waals surface area contributed by atoms with Crippen molar-refractivity contribution in [3.8, 4) is 65.5 Å². The Morgan fingerprint density at radius 1 is 0.543 bits per heavy atom. The van der Waals surface area contributed by atoms with Crippen LogP contribution >= 0.6 is 22.7 Å². The van der Waals surface area contributed by atoms with Crippen molar-refractivity contribution in [3.05, 3.63) is 139 Å².